The largest absolute Gasteiger partial charge is 0.451 e. The van der Waals surface area contributed by atoms with Crippen LogP contribution in [0.25, 0.3) is 10.1 Å². The van der Waals surface area contributed by atoms with Crippen LogP contribution in [0, 0.1) is 0 Å². The number of rotatable bonds is 3. The Labute approximate surface area is 132 Å². The Bertz CT molecular complexity index is 688. The van der Waals surface area contributed by atoms with E-state index < -0.39 is 5.97 Å². The molecule has 1 aromatic carbocycles. The molecule has 6 heteroatoms. The summed E-state index contributed by atoms with van der Waals surface area (Å²) in [6.45, 7) is 5.25. The van der Waals surface area contributed by atoms with Crippen molar-refractivity contribution < 1.29 is 14.3 Å². The third-order valence-electron chi connectivity index (χ3n) is 2.57. The number of nitrogens with one attached hydrogen (secondary N) is 1. The molecule has 0 saturated heterocycles. The van der Waals surface area contributed by atoms with Crippen LogP contribution < -0.4 is 5.32 Å². The van der Waals surface area contributed by atoms with Crippen LogP contribution in [0.4, 0.5) is 0 Å². The Morgan fingerprint density at radius 2 is 1.95 bits per heavy atom. The molecule has 0 unspecified atom stereocenters. The summed E-state index contributed by atoms with van der Waals surface area (Å²) in [5.41, 5.74) is -0.362. The number of hydrogen-bond donors (Lipinski definition) is 1. The van der Waals surface area contributed by atoms with E-state index in [4.69, 9.17) is 16.3 Å². The molecule has 1 aromatic heterocycles. The van der Waals surface area contributed by atoms with Gasteiger partial charge in [-0.3, -0.25) is 4.79 Å². The number of ether oxygens (including phenoxy) is 1. The number of thiophene rings is 1. The minimum atomic E-state index is -0.578. The van der Waals surface area contributed by atoms with E-state index in [0.717, 1.165) is 10.1 Å². The maximum absolute atomic E-state index is 12.0. The van der Waals surface area contributed by atoms with Crippen molar-refractivity contribution in [2.75, 3.05) is 6.61 Å². The molecule has 0 bridgehead atoms. The number of halogens is 1. The predicted octanol–water partition coefficient (Wildman–Crippen LogP) is 3.63. The van der Waals surface area contributed by atoms with Gasteiger partial charge in [0.25, 0.3) is 5.91 Å². The van der Waals surface area contributed by atoms with Gasteiger partial charge in [-0.15, -0.1) is 11.3 Å². The second-order valence-electron chi connectivity index (χ2n) is 5.62. The van der Waals surface area contributed by atoms with Crippen molar-refractivity contribution in [2.24, 2.45) is 0 Å². The molecule has 21 heavy (non-hydrogen) atoms. The van der Waals surface area contributed by atoms with Crippen LogP contribution in [0.1, 0.15) is 30.4 Å². The highest BCUT2D eigenvalue weighted by Gasteiger charge is 2.20. The molecule has 112 valence electrons. The fourth-order valence-corrected chi connectivity index (χ4v) is 3.20. The summed E-state index contributed by atoms with van der Waals surface area (Å²) in [5, 5.41) is 3.91. The highest BCUT2D eigenvalue weighted by molar-refractivity contribution is 7.21. The number of benzene rings is 1. The van der Waals surface area contributed by atoms with Gasteiger partial charge in [0, 0.05) is 15.6 Å². The molecule has 0 spiro atoms. The Morgan fingerprint density at radius 3 is 2.57 bits per heavy atom. The maximum Gasteiger partial charge on any atom is 0.350 e. The number of carbonyl (C=O) groups is 2. The molecule has 2 aromatic rings. The zero-order valence-corrected chi connectivity index (χ0v) is 13.6. The van der Waals surface area contributed by atoms with Crippen molar-refractivity contribution in [2.45, 2.75) is 26.3 Å². The van der Waals surface area contributed by atoms with Crippen molar-refractivity contribution in [1.82, 2.24) is 5.32 Å². The summed E-state index contributed by atoms with van der Waals surface area (Å²) in [6, 6.07) is 7.46. The van der Waals surface area contributed by atoms with Crippen LogP contribution in [0.15, 0.2) is 24.3 Å². The van der Waals surface area contributed by atoms with Gasteiger partial charge in [0.15, 0.2) is 6.61 Å². The molecular weight excluding hydrogens is 310 g/mol. The third-order valence-corrected chi connectivity index (χ3v) is 4.22. The van der Waals surface area contributed by atoms with Gasteiger partial charge in [-0.25, -0.2) is 4.79 Å². The summed E-state index contributed by atoms with van der Waals surface area (Å²) < 4.78 is 5.93. The van der Waals surface area contributed by atoms with Crippen LogP contribution in [-0.4, -0.2) is 24.0 Å². The lowest BCUT2D eigenvalue weighted by Crippen LogP contribution is -2.42. The zero-order chi connectivity index (χ0) is 15.6. The van der Waals surface area contributed by atoms with Crippen LogP contribution in [0.3, 0.4) is 0 Å². The average Bonchev–Trinajstić information content (AvgIpc) is 2.72. The lowest BCUT2D eigenvalue weighted by molar-refractivity contribution is -0.125. The standard InChI is InChI=1S/C15H16ClNO3S/c1-15(2,3)17-11(18)8-20-14(19)13-12(16)9-6-4-5-7-10(9)21-13/h4-7H,8H2,1-3H3,(H,17,18). The molecule has 1 amide bonds. The SMILES string of the molecule is CC(C)(C)NC(=O)COC(=O)c1sc2ccccc2c1Cl. The molecule has 0 fully saturated rings. The van der Waals surface area contributed by atoms with Gasteiger partial charge in [-0.1, -0.05) is 29.8 Å². The second kappa shape index (κ2) is 6.03. The van der Waals surface area contributed by atoms with Crippen molar-refractivity contribution >= 4 is 44.9 Å². The van der Waals surface area contributed by atoms with Crippen molar-refractivity contribution in [1.29, 1.82) is 0 Å². The Hall–Kier alpha value is -1.59. The van der Waals surface area contributed by atoms with Crippen LogP contribution >= 0.6 is 22.9 Å². The molecule has 0 radical (unpaired) electrons. The third kappa shape index (κ3) is 3.95. The van der Waals surface area contributed by atoms with Gasteiger partial charge in [-0.2, -0.15) is 0 Å². The monoisotopic (exact) mass is 325 g/mol. The summed E-state index contributed by atoms with van der Waals surface area (Å²) in [7, 11) is 0. The van der Waals surface area contributed by atoms with E-state index in [9.17, 15) is 9.59 Å². The first-order chi connectivity index (χ1) is 9.78. The number of hydrogen-bond acceptors (Lipinski definition) is 4. The van der Waals surface area contributed by atoms with Gasteiger partial charge in [0.05, 0.1) is 5.02 Å². The quantitative estimate of drug-likeness (QED) is 0.877. The van der Waals surface area contributed by atoms with Gasteiger partial charge >= 0.3 is 5.97 Å². The number of fused-ring (bicyclic) bond motifs is 1. The molecule has 0 saturated carbocycles. The molecule has 4 nitrogen and oxygen atoms in total. The number of amides is 1. The smallest absolute Gasteiger partial charge is 0.350 e. The molecular formula is C15H16ClNO3S. The maximum atomic E-state index is 12.0. The average molecular weight is 326 g/mol. The summed E-state index contributed by atoms with van der Waals surface area (Å²) in [6.07, 6.45) is 0. The van der Waals surface area contributed by atoms with Crippen molar-refractivity contribution in [3.63, 3.8) is 0 Å². The fraction of sp³-hybridized carbons (Fsp3) is 0.333. The normalized spacial score (nSPS) is 11.4. The van der Waals surface area contributed by atoms with Crippen molar-refractivity contribution in [3.8, 4) is 0 Å². The summed E-state index contributed by atoms with van der Waals surface area (Å²) in [5.74, 6) is -0.918. The Kier molecular flexibility index (Phi) is 4.54. The van der Waals surface area contributed by atoms with Crippen LogP contribution in [-0.2, 0) is 9.53 Å². The first-order valence-corrected chi connectivity index (χ1v) is 7.62. The van der Waals surface area contributed by atoms with E-state index in [2.05, 4.69) is 5.32 Å². The fourth-order valence-electron chi connectivity index (χ4n) is 1.80. The van der Waals surface area contributed by atoms with Gasteiger partial charge < -0.3 is 10.1 Å². The number of esters is 1. The van der Waals surface area contributed by atoms with E-state index in [1.807, 2.05) is 45.0 Å². The molecule has 0 aliphatic rings. The topological polar surface area (TPSA) is 55.4 Å². The van der Waals surface area contributed by atoms with Gasteiger partial charge in [-0.05, 0) is 26.8 Å². The number of carbonyl (C=O) groups excluding carboxylic acids is 2. The molecule has 2 rings (SSSR count). The van der Waals surface area contributed by atoms with E-state index >= 15 is 0 Å². The van der Waals surface area contributed by atoms with Gasteiger partial charge in [0.1, 0.15) is 4.88 Å². The molecule has 1 heterocycles. The highest BCUT2D eigenvalue weighted by Crippen LogP contribution is 2.35. The van der Waals surface area contributed by atoms with Gasteiger partial charge in [0.2, 0.25) is 0 Å². The summed E-state index contributed by atoms with van der Waals surface area (Å²) in [4.78, 5) is 24.0. The highest BCUT2D eigenvalue weighted by atomic mass is 35.5. The molecule has 0 aliphatic heterocycles. The molecule has 1 N–H and O–H groups in total. The Balaban J connectivity index is 2.06. The van der Waals surface area contributed by atoms with E-state index in [1.54, 1.807) is 0 Å². The van der Waals surface area contributed by atoms with Crippen LogP contribution in [0.5, 0.6) is 0 Å². The second-order valence-corrected chi connectivity index (χ2v) is 7.05. The first-order valence-electron chi connectivity index (χ1n) is 6.43. The summed E-state index contributed by atoms with van der Waals surface area (Å²) >= 11 is 7.44. The molecule has 0 aliphatic carbocycles. The lowest BCUT2D eigenvalue weighted by Gasteiger charge is -2.20. The van der Waals surface area contributed by atoms with Crippen molar-refractivity contribution in [3.05, 3.63) is 34.2 Å². The lowest BCUT2D eigenvalue weighted by atomic mass is 10.1. The van der Waals surface area contributed by atoms with Crippen LogP contribution in [0.2, 0.25) is 5.02 Å². The van der Waals surface area contributed by atoms with E-state index in [0.29, 0.717) is 9.90 Å². The van der Waals surface area contributed by atoms with E-state index in [-0.39, 0.29) is 18.1 Å². The zero-order valence-electron chi connectivity index (χ0n) is 12.0. The Morgan fingerprint density at radius 1 is 1.29 bits per heavy atom. The predicted molar refractivity (Wildman–Crippen MR) is 85.0 cm³/mol. The minimum Gasteiger partial charge on any atom is -0.451 e. The van der Waals surface area contributed by atoms with E-state index in [1.165, 1.54) is 11.3 Å². The molecule has 0 atom stereocenters. The first kappa shape index (κ1) is 15.8. The minimum absolute atomic E-state index is 0.319.